The van der Waals surface area contributed by atoms with E-state index < -0.39 is 0 Å². The Morgan fingerprint density at radius 3 is 2.57 bits per heavy atom. The molecule has 1 aliphatic rings. The first-order valence-electron chi connectivity index (χ1n) is 10.4. The van der Waals surface area contributed by atoms with E-state index in [0.29, 0.717) is 25.3 Å². The fourth-order valence-electron chi connectivity index (χ4n) is 3.50. The lowest BCUT2D eigenvalue weighted by atomic mass is 10.1. The maximum atomic E-state index is 12.5. The molecule has 0 spiro atoms. The second-order valence-electron chi connectivity index (χ2n) is 7.30. The minimum atomic E-state index is -0.0668. The van der Waals surface area contributed by atoms with E-state index >= 15 is 0 Å². The molecule has 30 heavy (non-hydrogen) atoms. The number of ether oxygens (including phenoxy) is 1. The zero-order valence-electron chi connectivity index (χ0n) is 17.0. The van der Waals surface area contributed by atoms with Crippen LogP contribution >= 0.6 is 0 Å². The van der Waals surface area contributed by atoms with Crippen molar-refractivity contribution < 1.29 is 9.53 Å². The van der Waals surface area contributed by atoms with Crippen LogP contribution in [-0.4, -0.2) is 49.0 Å². The van der Waals surface area contributed by atoms with Crippen LogP contribution in [0.4, 0.5) is 5.82 Å². The zero-order valence-corrected chi connectivity index (χ0v) is 17.0. The van der Waals surface area contributed by atoms with Crippen molar-refractivity contribution in [2.75, 3.05) is 37.7 Å². The fourth-order valence-corrected chi connectivity index (χ4v) is 3.50. The van der Waals surface area contributed by atoms with Crippen molar-refractivity contribution in [3.05, 3.63) is 77.9 Å². The van der Waals surface area contributed by atoms with Gasteiger partial charge in [0.05, 0.1) is 18.9 Å². The van der Waals surface area contributed by atoms with Gasteiger partial charge >= 0.3 is 0 Å². The lowest BCUT2D eigenvalue weighted by Gasteiger charge is -2.27. The molecule has 1 fully saturated rings. The summed E-state index contributed by atoms with van der Waals surface area (Å²) in [5.41, 5.74) is 3.55. The van der Waals surface area contributed by atoms with Crippen LogP contribution in [0.1, 0.15) is 22.3 Å². The molecule has 2 aromatic carbocycles. The van der Waals surface area contributed by atoms with Gasteiger partial charge in [-0.05, 0) is 42.7 Å². The largest absolute Gasteiger partial charge is 0.378 e. The number of anilines is 1. The number of nitrogens with zero attached hydrogens (tertiary/aromatic N) is 3. The molecule has 3 aromatic rings. The third kappa shape index (κ3) is 5.21. The summed E-state index contributed by atoms with van der Waals surface area (Å²) in [6, 6.07) is 21.8. The summed E-state index contributed by atoms with van der Waals surface area (Å²) in [6.45, 7) is 3.73. The van der Waals surface area contributed by atoms with Gasteiger partial charge in [0, 0.05) is 30.8 Å². The Bertz CT molecular complexity index is 954. The number of carbonyl (C=O) groups excluding carboxylic acids is 1. The molecule has 0 unspecified atom stereocenters. The van der Waals surface area contributed by atoms with E-state index in [2.05, 4.69) is 32.5 Å². The Morgan fingerprint density at radius 1 is 0.967 bits per heavy atom. The molecule has 0 atom stereocenters. The molecule has 1 amide bonds. The van der Waals surface area contributed by atoms with Gasteiger partial charge < -0.3 is 15.0 Å². The van der Waals surface area contributed by atoms with E-state index in [0.717, 1.165) is 43.0 Å². The van der Waals surface area contributed by atoms with Gasteiger partial charge in [-0.25, -0.2) is 0 Å². The number of amides is 1. The van der Waals surface area contributed by atoms with E-state index in [-0.39, 0.29) is 5.91 Å². The average molecular weight is 402 g/mol. The van der Waals surface area contributed by atoms with Crippen LogP contribution in [0.15, 0.2) is 66.7 Å². The number of nitrogens with one attached hydrogen (secondary N) is 1. The molecule has 6 nitrogen and oxygen atoms in total. The summed E-state index contributed by atoms with van der Waals surface area (Å²) in [6.07, 6.45) is 1.86. The van der Waals surface area contributed by atoms with Crippen molar-refractivity contribution in [1.82, 2.24) is 15.5 Å². The topological polar surface area (TPSA) is 67.4 Å². The second-order valence-corrected chi connectivity index (χ2v) is 7.30. The van der Waals surface area contributed by atoms with E-state index in [4.69, 9.17) is 4.74 Å². The summed E-state index contributed by atoms with van der Waals surface area (Å²) in [5, 5.41) is 11.7. The van der Waals surface area contributed by atoms with E-state index in [1.807, 2.05) is 54.6 Å². The molecule has 0 saturated carbocycles. The maximum Gasteiger partial charge on any atom is 0.251 e. The van der Waals surface area contributed by atoms with Gasteiger partial charge in [-0.2, -0.15) is 0 Å². The number of aryl methyl sites for hydroxylation is 1. The van der Waals surface area contributed by atoms with Gasteiger partial charge in [0.15, 0.2) is 5.82 Å². The quantitative estimate of drug-likeness (QED) is 0.614. The highest BCUT2D eigenvalue weighted by atomic mass is 16.5. The summed E-state index contributed by atoms with van der Waals surface area (Å²) in [4.78, 5) is 14.7. The highest BCUT2D eigenvalue weighted by Crippen LogP contribution is 2.20. The molecule has 4 rings (SSSR count). The molecule has 0 bridgehead atoms. The minimum absolute atomic E-state index is 0.0668. The van der Waals surface area contributed by atoms with Crippen molar-refractivity contribution >= 4 is 11.7 Å². The molecular formula is C24H26N4O2. The Labute approximate surface area is 176 Å². The van der Waals surface area contributed by atoms with Crippen LogP contribution in [0.2, 0.25) is 0 Å². The van der Waals surface area contributed by atoms with Crippen molar-refractivity contribution in [2.24, 2.45) is 0 Å². The number of aromatic nitrogens is 2. The number of benzene rings is 2. The van der Waals surface area contributed by atoms with Crippen LogP contribution in [0.5, 0.6) is 0 Å². The normalized spacial score (nSPS) is 13.8. The Morgan fingerprint density at radius 2 is 1.80 bits per heavy atom. The molecule has 1 aromatic heterocycles. The SMILES string of the molecule is O=C(NCCCc1ccccc1)c1cccc(-c2ccc(N3CCOCC3)nn2)c1. The number of morpholine rings is 1. The van der Waals surface area contributed by atoms with Gasteiger partial charge in [-0.1, -0.05) is 42.5 Å². The first-order valence-corrected chi connectivity index (χ1v) is 10.4. The predicted molar refractivity (Wildman–Crippen MR) is 118 cm³/mol. The van der Waals surface area contributed by atoms with E-state index in [9.17, 15) is 4.79 Å². The van der Waals surface area contributed by atoms with Crippen LogP contribution in [-0.2, 0) is 11.2 Å². The molecule has 2 heterocycles. The lowest BCUT2D eigenvalue weighted by molar-refractivity contribution is 0.0953. The highest BCUT2D eigenvalue weighted by Gasteiger charge is 2.13. The van der Waals surface area contributed by atoms with E-state index in [1.54, 1.807) is 0 Å². The summed E-state index contributed by atoms with van der Waals surface area (Å²) in [7, 11) is 0. The Balaban J connectivity index is 1.34. The molecule has 1 saturated heterocycles. The number of carbonyl (C=O) groups is 1. The van der Waals surface area contributed by atoms with Crippen molar-refractivity contribution in [1.29, 1.82) is 0 Å². The lowest BCUT2D eigenvalue weighted by Crippen LogP contribution is -2.36. The number of rotatable bonds is 7. The Hall–Kier alpha value is -3.25. The summed E-state index contributed by atoms with van der Waals surface area (Å²) >= 11 is 0. The van der Waals surface area contributed by atoms with E-state index in [1.165, 1.54) is 5.56 Å². The van der Waals surface area contributed by atoms with Crippen LogP contribution in [0, 0.1) is 0 Å². The van der Waals surface area contributed by atoms with Gasteiger partial charge in [0.1, 0.15) is 0 Å². The first kappa shape index (κ1) is 20.0. The number of hydrogen-bond donors (Lipinski definition) is 1. The molecule has 1 aliphatic heterocycles. The van der Waals surface area contributed by atoms with Gasteiger partial charge in [-0.15, -0.1) is 10.2 Å². The number of hydrogen-bond acceptors (Lipinski definition) is 5. The molecule has 0 aliphatic carbocycles. The smallest absolute Gasteiger partial charge is 0.251 e. The van der Waals surface area contributed by atoms with Gasteiger partial charge in [-0.3, -0.25) is 4.79 Å². The van der Waals surface area contributed by atoms with Crippen molar-refractivity contribution in [3.8, 4) is 11.3 Å². The summed E-state index contributed by atoms with van der Waals surface area (Å²) in [5.74, 6) is 0.789. The van der Waals surface area contributed by atoms with Crippen molar-refractivity contribution in [2.45, 2.75) is 12.8 Å². The summed E-state index contributed by atoms with van der Waals surface area (Å²) < 4.78 is 5.38. The third-order valence-corrected chi connectivity index (χ3v) is 5.18. The second kappa shape index (κ2) is 9.98. The molecule has 6 heteroatoms. The molecule has 154 valence electrons. The van der Waals surface area contributed by atoms with Gasteiger partial charge in [0.2, 0.25) is 0 Å². The minimum Gasteiger partial charge on any atom is -0.378 e. The van der Waals surface area contributed by atoms with Crippen LogP contribution in [0.25, 0.3) is 11.3 Å². The van der Waals surface area contributed by atoms with Crippen LogP contribution in [0.3, 0.4) is 0 Å². The van der Waals surface area contributed by atoms with Crippen LogP contribution < -0.4 is 10.2 Å². The molecule has 0 radical (unpaired) electrons. The Kier molecular flexibility index (Phi) is 6.67. The average Bonchev–Trinajstić information content (AvgIpc) is 2.83. The third-order valence-electron chi connectivity index (χ3n) is 5.18. The monoisotopic (exact) mass is 402 g/mol. The standard InChI is InChI=1S/C24H26N4O2/c29-24(25-13-5-8-19-6-2-1-3-7-19)21-10-4-9-20(18-21)22-11-12-23(27-26-22)28-14-16-30-17-15-28/h1-4,6-7,9-12,18H,5,8,13-17H2,(H,25,29). The van der Waals surface area contributed by atoms with Gasteiger partial charge in [0.25, 0.3) is 5.91 Å². The highest BCUT2D eigenvalue weighted by molar-refractivity contribution is 5.95. The molecule has 1 N–H and O–H groups in total. The maximum absolute atomic E-state index is 12.5. The molecular weight excluding hydrogens is 376 g/mol. The zero-order chi connectivity index (χ0) is 20.6. The first-order chi connectivity index (χ1) is 14.8. The fraction of sp³-hybridized carbons (Fsp3) is 0.292. The predicted octanol–water partition coefficient (Wildman–Crippen LogP) is 3.34. The van der Waals surface area contributed by atoms with Crippen molar-refractivity contribution in [3.63, 3.8) is 0 Å².